The fourth-order valence-corrected chi connectivity index (χ4v) is 2.95. The molecule has 5 heteroatoms. The van der Waals surface area contributed by atoms with Gasteiger partial charge < -0.3 is 9.64 Å². The van der Waals surface area contributed by atoms with E-state index in [0.717, 1.165) is 30.6 Å². The van der Waals surface area contributed by atoms with Crippen molar-refractivity contribution in [3.63, 3.8) is 0 Å². The normalized spacial score (nSPS) is 16.9. The lowest BCUT2D eigenvalue weighted by molar-refractivity contribution is -0.133. The Morgan fingerprint density at radius 3 is 2.75 bits per heavy atom. The average Bonchev–Trinajstić information content (AvgIpc) is 3.14. The Morgan fingerprint density at radius 1 is 1.17 bits per heavy atom. The molecule has 3 heterocycles. The van der Waals surface area contributed by atoms with Crippen molar-refractivity contribution in [3.05, 3.63) is 60.2 Å². The lowest BCUT2D eigenvalue weighted by Crippen LogP contribution is -2.37. The first-order valence-electron chi connectivity index (χ1n) is 8.48. The zero-order chi connectivity index (χ0) is 16.6. The van der Waals surface area contributed by atoms with Crippen molar-refractivity contribution in [2.45, 2.75) is 38.3 Å². The van der Waals surface area contributed by atoms with Gasteiger partial charge in [0.05, 0.1) is 6.10 Å². The third-order valence-corrected chi connectivity index (χ3v) is 4.27. The molecule has 126 valence electrons. The number of hydrogen-bond donors (Lipinski definition) is 0. The molecule has 0 radical (unpaired) electrons. The Hall–Kier alpha value is -2.27. The molecule has 0 aliphatic carbocycles. The topological polar surface area (TPSA) is 55.3 Å². The molecule has 1 aliphatic heterocycles. The minimum absolute atomic E-state index is 0.158. The van der Waals surface area contributed by atoms with Crippen molar-refractivity contribution >= 4 is 5.91 Å². The molecule has 1 saturated heterocycles. The molecule has 1 atom stereocenters. The molecule has 5 nitrogen and oxygen atoms in total. The molecule has 0 N–H and O–H groups in total. The highest BCUT2D eigenvalue weighted by atomic mass is 16.5. The van der Waals surface area contributed by atoms with Crippen molar-refractivity contribution in [3.8, 4) is 0 Å². The Kier molecular flexibility index (Phi) is 5.90. The van der Waals surface area contributed by atoms with Gasteiger partial charge in [0.25, 0.3) is 0 Å². The van der Waals surface area contributed by atoms with Crippen LogP contribution in [0.3, 0.4) is 0 Å². The molecule has 1 fully saturated rings. The summed E-state index contributed by atoms with van der Waals surface area (Å²) in [6.45, 7) is 2.07. The Morgan fingerprint density at radius 2 is 2.04 bits per heavy atom. The van der Waals surface area contributed by atoms with Gasteiger partial charge in [-0.05, 0) is 48.6 Å². The summed E-state index contributed by atoms with van der Waals surface area (Å²) >= 11 is 0. The largest absolute Gasteiger partial charge is 0.376 e. The van der Waals surface area contributed by atoms with Gasteiger partial charge in [-0.25, -0.2) is 0 Å². The maximum atomic E-state index is 12.7. The van der Waals surface area contributed by atoms with Crippen molar-refractivity contribution in [2.24, 2.45) is 0 Å². The van der Waals surface area contributed by atoms with E-state index in [-0.39, 0.29) is 12.0 Å². The van der Waals surface area contributed by atoms with Gasteiger partial charge in [0.1, 0.15) is 0 Å². The molecule has 0 bridgehead atoms. The summed E-state index contributed by atoms with van der Waals surface area (Å²) in [4.78, 5) is 22.8. The number of hydrogen-bond acceptors (Lipinski definition) is 4. The number of ether oxygens (including phenoxy) is 1. The van der Waals surface area contributed by atoms with Gasteiger partial charge in [-0.1, -0.05) is 6.07 Å². The van der Waals surface area contributed by atoms with Crippen LogP contribution in [-0.4, -0.2) is 40.0 Å². The number of aromatic nitrogens is 2. The molecular weight excluding hydrogens is 302 g/mol. The summed E-state index contributed by atoms with van der Waals surface area (Å²) in [5, 5.41) is 0. The van der Waals surface area contributed by atoms with Crippen LogP contribution in [0.25, 0.3) is 0 Å². The standard InChI is InChI=1S/C19H23N3O2/c23-19(6-5-16-3-1-9-21-13-16)22(15-18-4-2-12-24-18)14-17-7-10-20-11-8-17/h1,3,7-11,13,18H,2,4-6,12,14-15H2/t18-/m1/s1. The van der Waals surface area contributed by atoms with Gasteiger partial charge in [0.2, 0.25) is 5.91 Å². The van der Waals surface area contributed by atoms with E-state index in [2.05, 4.69) is 9.97 Å². The second kappa shape index (κ2) is 8.55. The fraction of sp³-hybridized carbons (Fsp3) is 0.421. The van der Waals surface area contributed by atoms with Crippen molar-refractivity contribution in [1.82, 2.24) is 14.9 Å². The molecule has 1 aliphatic rings. The fourth-order valence-electron chi connectivity index (χ4n) is 2.95. The highest BCUT2D eigenvalue weighted by molar-refractivity contribution is 5.76. The van der Waals surface area contributed by atoms with Crippen LogP contribution in [0.4, 0.5) is 0 Å². The molecule has 3 rings (SSSR count). The van der Waals surface area contributed by atoms with E-state index in [1.54, 1.807) is 18.6 Å². The molecule has 2 aromatic rings. The van der Waals surface area contributed by atoms with Crippen LogP contribution >= 0.6 is 0 Å². The number of amides is 1. The van der Waals surface area contributed by atoms with Gasteiger partial charge in [0, 0.05) is 50.9 Å². The maximum absolute atomic E-state index is 12.7. The van der Waals surface area contributed by atoms with Crippen LogP contribution < -0.4 is 0 Å². The van der Waals surface area contributed by atoms with E-state index in [9.17, 15) is 4.79 Å². The summed E-state index contributed by atoms with van der Waals surface area (Å²) in [6, 6.07) is 7.82. The first-order chi connectivity index (χ1) is 11.8. The monoisotopic (exact) mass is 325 g/mol. The third-order valence-electron chi connectivity index (χ3n) is 4.27. The van der Waals surface area contributed by atoms with E-state index in [1.165, 1.54) is 0 Å². The van der Waals surface area contributed by atoms with Crippen LogP contribution in [-0.2, 0) is 22.5 Å². The smallest absolute Gasteiger partial charge is 0.223 e. The number of aryl methyl sites for hydroxylation is 1. The van der Waals surface area contributed by atoms with Crippen molar-refractivity contribution in [2.75, 3.05) is 13.2 Å². The number of carbonyl (C=O) groups excluding carboxylic acids is 1. The van der Waals surface area contributed by atoms with Crippen LogP contribution in [0.5, 0.6) is 0 Å². The zero-order valence-corrected chi connectivity index (χ0v) is 13.8. The highest BCUT2D eigenvalue weighted by Gasteiger charge is 2.22. The van der Waals surface area contributed by atoms with Gasteiger partial charge in [-0.2, -0.15) is 0 Å². The van der Waals surface area contributed by atoms with Gasteiger partial charge in [-0.3, -0.25) is 14.8 Å². The second-order valence-corrected chi connectivity index (χ2v) is 6.13. The van der Waals surface area contributed by atoms with E-state index < -0.39 is 0 Å². The number of rotatable bonds is 7. The van der Waals surface area contributed by atoms with E-state index in [0.29, 0.717) is 25.9 Å². The van der Waals surface area contributed by atoms with Crippen LogP contribution in [0.1, 0.15) is 30.4 Å². The summed E-state index contributed by atoms with van der Waals surface area (Å²) in [6.07, 6.45) is 10.6. The minimum atomic E-state index is 0.158. The first kappa shape index (κ1) is 16.6. The van der Waals surface area contributed by atoms with Gasteiger partial charge in [0.15, 0.2) is 0 Å². The van der Waals surface area contributed by atoms with Gasteiger partial charge in [-0.15, -0.1) is 0 Å². The number of pyridine rings is 2. The molecule has 0 spiro atoms. The summed E-state index contributed by atoms with van der Waals surface area (Å²) in [5.74, 6) is 0.158. The molecule has 2 aromatic heterocycles. The number of carbonyl (C=O) groups is 1. The summed E-state index contributed by atoms with van der Waals surface area (Å²) < 4.78 is 5.72. The molecule has 0 aromatic carbocycles. The molecular formula is C19H23N3O2. The highest BCUT2D eigenvalue weighted by Crippen LogP contribution is 2.16. The Bertz CT molecular complexity index is 628. The van der Waals surface area contributed by atoms with Crippen molar-refractivity contribution in [1.29, 1.82) is 0 Å². The quantitative estimate of drug-likeness (QED) is 0.785. The minimum Gasteiger partial charge on any atom is -0.376 e. The predicted octanol–water partition coefficient (Wildman–Crippen LogP) is 2.62. The van der Waals surface area contributed by atoms with E-state index in [1.807, 2.05) is 35.4 Å². The Balaban J connectivity index is 1.62. The average molecular weight is 325 g/mol. The molecule has 1 amide bonds. The van der Waals surface area contributed by atoms with Crippen LogP contribution in [0, 0.1) is 0 Å². The first-order valence-corrected chi connectivity index (χ1v) is 8.48. The summed E-state index contributed by atoms with van der Waals surface area (Å²) in [7, 11) is 0. The molecule has 24 heavy (non-hydrogen) atoms. The van der Waals surface area contributed by atoms with E-state index >= 15 is 0 Å². The van der Waals surface area contributed by atoms with Crippen LogP contribution in [0.2, 0.25) is 0 Å². The molecule has 0 unspecified atom stereocenters. The second-order valence-electron chi connectivity index (χ2n) is 6.13. The third kappa shape index (κ3) is 4.86. The van der Waals surface area contributed by atoms with E-state index in [4.69, 9.17) is 4.74 Å². The summed E-state index contributed by atoms with van der Waals surface area (Å²) in [5.41, 5.74) is 2.18. The zero-order valence-electron chi connectivity index (χ0n) is 13.8. The molecule has 0 saturated carbocycles. The number of nitrogens with zero attached hydrogens (tertiary/aromatic N) is 3. The Labute approximate surface area is 142 Å². The lowest BCUT2D eigenvalue weighted by Gasteiger charge is -2.25. The lowest BCUT2D eigenvalue weighted by atomic mass is 10.1. The predicted molar refractivity (Wildman–Crippen MR) is 91.2 cm³/mol. The van der Waals surface area contributed by atoms with Crippen molar-refractivity contribution < 1.29 is 9.53 Å². The van der Waals surface area contributed by atoms with Crippen LogP contribution in [0.15, 0.2) is 49.1 Å². The van der Waals surface area contributed by atoms with Gasteiger partial charge >= 0.3 is 0 Å². The SMILES string of the molecule is O=C(CCc1cccnc1)N(Cc1ccncc1)C[C@H]1CCCO1. The maximum Gasteiger partial charge on any atom is 0.223 e.